The highest BCUT2D eigenvalue weighted by atomic mass is 79.9. The first-order chi connectivity index (χ1) is 9.67. The van der Waals surface area contributed by atoms with E-state index in [0.29, 0.717) is 5.56 Å². The molecule has 116 valence electrons. The van der Waals surface area contributed by atoms with E-state index in [1.54, 1.807) is 6.07 Å². The molecule has 0 aliphatic carbocycles. The Morgan fingerprint density at radius 2 is 2.10 bits per heavy atom. The van der Waals surface area contributed by atoms with Gasteiger partial charge in [-0.25, -0.2) is 4.39 Å². The smallest absolute Gasteiger partial charge is 0.406 e. The summed E-state index contributed by atoms with van der Waals surface area (Å²) in [5.41, 5.74) is -2.26. The van der Waals surface area contributed by atoms with Gasteiger partial charge in [0.1, 0.15) is 5.82 Å². The minimum Gasteiger partial charge on any atom is -0.481 e. The third-order valence-corrected chi connectivity index (χ3v) is 4.61. The van der Waals surface area contributed by atoms with Crippen LogP contribution in [0.15, 0.2) is 22.7 Å². The summed E-state index contributed by atoms with van der Waals surface area (Å²) in [5, 5.41) is 8.97. The Morgan fingerprint density at radius 3 is 2.62 bits per heavy atom. The van der Waals surface area contributed by atoms with E-state index in [4.69, 9.17) is 5.11 Å². The molecule has 0 bridgehead atoms. The number of hydrogen-bond donors (Lipinski definition) is 1. The van der Waals surface area contributed by atoms with Crippen LogP contribution in [0, 0.1) is 11.2 Å². The van der Waals surface area contributed by atoms with E-state index in [-0.39, 0.29) is 17.6 Å². The zero-order valence-electron chi connectivity index (χ0n) is 10.8. The summed E-state index contributed by atoms with van der Waals surface area (Å²) in [6.45, 7) is -0.576. The molecule has 0 saturated carbocycles. The second-order valence-electron chi connectivity index (χ2n) is 5.06. The van der Waals surface area contributed by atoms with Gasteiger partial charge in [0.2, 0.25) is 0 Å². The Bertz CT molecular complexity index is 564. The van der Waals surface area contributed by atoms with Crippen LogP contribution in [-0.4, -0.2) is 35.2 Å². The number of carboxylic acids is 1. The van der Waals surface area contributed by atoms with Crippen LogP contribution in [0.1, 0.15) is 12.0 Å². The first-order valence-electron chi connectivity index (χ1n) is 6.13. The topological polar surface area (TPSA) is 40.5 Å². The highest BCUT2D eigenvalue weighted by Gasteiger charge is 2.63. The molecule has 3 nitrogen and oxygen atoms in total. The van der Waals surface area contributed by atoms with E-state index in [1.165, 1.54) is 17.0 Å². The number of carboxylic acid groups (broad SMARTS) is 1. The number of rotatable bonds is 3. The molecule has 2 rings (SSSR count). The van der Waals surface area contributed by atoms with Crippen LogP contribution >= 0.6 is 15.9 Å². The minimum atomic E-state index is -4.81. The van der Waals surface area contributed by atoms with Gasteiger partial charge in [0.05, 0.1) is 4.47 Å². The summed E-state index contributed by atoms with van der Waals surface area (Å²) in [4.78, 5) is 12.4. The van der Waals surface area contributed by atoms with Crippen molar-refractivity contribution in [3.8, 4) is 0 Å². The van der Waals surface area contributed by atoms with Gasteiger partial charge in [-0.1, -0.05) is 12.1 Å². The van der Waals surface area contributed by atoms with Gasteiger partial charge in [0.15, 0.2) is 5.41 Å². The number of aliphatic carboxylic acids is 1. The van der Waals surface area contributed by atoms with Crippen molar-refractivity contribution in [1.82, 2.24) is 4.90 Å². The summed E-state index contributed by atoms with van der Waals surface area (Å²) in [6, 6.07) is 4.27. The van der Waals surface area contributed by atoms with Crippen molar-refractivity contribution >= 4 is 21.9 Å². The number of halogens is 5. The molecule has 1 aliphatic rings. The molecule has 1 unspecified atom stereocenters. The van der Waals surface area contributed by atoms with Gasteiger partial charge in [0.25, 0.3) is 0 Å². The van der Waals surface area contributed by atoms with Crippen LogP contribution in [0.2, 0.25) is 0 Å². The number of likely N-dealkylation sites (tertiary alicyclic amines) is 1. The Labute approximate surface area is 126 Å². The predicted octanol–water partition coefficient (Wildman–Crippen LogP) is 3.43. The number of carbonyl (C=O) groups is 1. The minimum absolute atomic E-state index is 0.00520. The summed E-state index contributed by atoms with van der Waals surface area (Å²) < 4.78 is 52.7. The summed E-state index contributed by atoms with van der Waals surface area (Å²) in [6.07, 6.45) is -5.31. The maximum absolute atomic E-state index is 13.4. The Kier molecular flexibility index (Phi) is 4.30. The fourth-order valence-electron chi connectivity index (χ4n) is 2.46. The molecule has 0 radical (unpaired) electrons. The standard InChI is InChI=1S/C13H12BrF4NO2/c14-10-8(2-1-3-9(10)15)6-19-5-4-12(7-19,11(20)21)13(16,17)18/h1-3H,4-7H2,(H,20,21). The third kappa shape index (κ3) is 2.91. The average Bonchev–Trinajstić information content (AvgIpc) is 2.80. The summed E-state index contributed by atoms with van der Waals surface area (Å²) in [5.74, 6) is -2.37. The maximum Gasteiger partial charge on any atom is 0.406 e. The molecule has 0 spiro atoms. The Hall–Kier alpha value is -1.15. The molecule has 8 heteroatoms. The largest absolute Gasteiger partial charge is 0.481 e. The molecule has 0 amide bonds. The van der Waals surface area contributed by atoms with Crippen LogP contribution in [0.25, 0.3) is 0 Å². The lowest BCUT2D eigenvalue weighted by Crippen LogP contribution is -2.47. The predicted molar refractivity (Wildman–Crippen MR) is 70.1 cm³/mol. The normalized spacial score (nSPS) is 23.5. The van der Waals surface area contributed by atoms with Gasteiger partial charge in [0, 0.05) is 19.6 Å². The molecule has 21 heavy (non-hydrogen) atoms. The average molecular weight is 370 g/mol. The molecule has 1 N–H and O–H groups in total. The zero-order valence-corrected chi connectivity index (χ0v) is 12.3. The fourth-order valence-corrected chi connectivity index (χ4v) is 2.85. The molecule has 1 aliphatic heterocycles. The van der Waals surface area contributed by atoms with Crippen LogP contribution in [-0.2, 0) is 11.3 Å². The highest BCUT2D eigenvalue weighted by molar-refractivity contribution is 9.10. The van der Waals surface area contributed by atoms with Crippen LogP contribution in [0.5, 0.6) is 0 Å². The Morgan fingerprint density at radius 1 is 1.43 bits per heavy atom. The lowest BCUT2D eigenvalue weighted by Gasteiger charge is -2.27. The van der Waals surface area contributed by atoms with Gasteiger partial charge in [-0.2, -0.15) is 13.2 Å². The SMILES string of the molecule is O=C(O)C1(C(F)(F)F)CCN(Cc2cccc(F)c2Br)C1. The highest BCUT2D eigenvalue weighted by Crippen LogP contribution is 2.46. The van der Waals surface area contributed by atoms with Gasteiger partial charge in [-0.15, -0.1) is 0 Å². The molecule has 0 aromatic heterocycles. The van der Waals surface area contributed by atoms with Crippen molar-refractivity contribution in [2.75, 3.05) is 13.1 Å². The fraction of sp³-hybridized carbons (Fsp3) is 0.462. The van der Waals surface area contributed by atoms with E-state index in [0.717, 1.165) is 0 Å². The molecule has 1 heterocycles. The maximum atomic E-state index is 13.4. The number of hydrogen-bond acceptors (Lipinski definition) is 2. The number of benzene rings is 1. The third-order valence-electron chi connectivity index (χ3n) is 3.73. The molecular weight excluding hydrogens is 358 g/mol. The van der Waals surface area contributed by atoms with Crippen LogP contribution in [0.3, 0.4) is 0 Å². The molecule has 1 saturated heterocycles. The van der Waals surface area contributed by atoms with Crippen molar-refractivity contribution in [3.05, 3.63) is 34.1 Å². The van der Waals surface area contributed by atoms with Crippen molar-refractivity contribution < 1.29 is 27.5 Å². The van der Waals surface area contributed by atoms with E-state index in [1.807, 2.05) is 0 Å². The second-order valence-corrected chi connectivity index (χ2v) is 5.85. The van der Waals surface area contributed by atoms with Crippen LogP contribution < -0.4 is 0 Å². The Balaban J connectivity index is 2.19. The van der Waals surface area contributed by atoms with E-state index in [2.05, 4.69) is 15.9 Å². The molecule has 1 fully saturated rings. The number of nitrogens with zero attached hydrogens (tertiary/aromatic N) is 1. The summed E-state index contributed by atoms with van der Waals surface area (Å²) in [7, 11) is 0. The molecule has 1 aromatic rings. The van der Waals surface area contributed by atoms with Crippen molar-refractivity contribution in [1.29, 1.82) is 0 Å². The van der Waals surface area contributed by atoms with E-state index in [9.17, 15) is 22.4 Å². The van der Waals surface area contributed by atoms with E-state index < -0.39 is 36.3 Å². The zero-order chi connectivity index (χ0) is 15.8. The van der Waals surface area contributed by atoms with Crippen molar-refractivity contribution in [2.24, 2.45) is 5.41 Å². The quantitative estimate of drug-likeness (QED) is 0.829. The first kappa shape index (κ1) is 16.2. The van der Waals surface area contributed by atoms with Crippen molar-refractivity contribution in [3.63, 3.8) is 0 Å². The van der Waals surface area contributed by atoms with Gasteiger partial charge in [-0.3, -0.25) is 9.69 Å². The van der Waals surface area contributed by atoms with Gasteiger partial charge < -0.3 is 5.11 Å². The van der Waals surface area contributed by atoms with Gasteiger partial charge >= 0.3 is 12.1 Å². The lowest BCUT2D eigenvalue weighted by atomic mass is 9.86. The van der Waals surface area contributed by atoms with E-state index >= 15 is 0 Å². The van der Waals surface area contributed by atoms with Crippen LogP contribution in [0.4, 0.5) is 17.6 Å². The van der Waals surface area contributed by atoms with Gasteiger partial charge in [-0.05, 0) is 34.0 Å². The molecular formula is C13H12BrF4NO2. The monoisotopic (exact) mass is 369 g/mol. The second kappa shape index (κ2) is 5.57. The lowest BCUT2D eigenvalue weighted by molar-refractivity contribution is -0.227. The summed E-state index contributed by atoms with van der Waals surface area (Å²) >= 11 is 3.04. The first-order valence-corrected chi connectivity index (χ1v) is 6.92. The number of alkyl halides is 3. The molecule has 1 atom stereocenters. The van der Waals surface area contributed by atoms with Crippen molar-refractivity contribution in [2.45, 2.75) is 19.1 Å². The molecule has 1 aromatic carbocycles.